The van der Waals surface area contributed by atoms with Gasteiger partial charge in [-0.3, -0.25) is 9.80 Å². The number of fused-ring (bicyclic) bond motifs is 3. The predicted molar refractivity (Wildman–Crippen MR) is 131 cm³/mol. The number of hydrogen-bond acceptors (Lipinski definition) is 9. The molecule has 0 saturated carbocycles. The minimum atomic E-state index is -0.764. The predicted octanol–water partition coefficient (Wildman–Crippen LogP) is 2.79. The zero-order chi connectivity index (χ0) is 24.6. The number of aliphatic hydroxyl groups excluding tert-OH is 1. The molecular weight excluding hydrogens is 464 g/mol. The number of β-amino-alcohol motifs (C(OH)–C–C–N with tert-alkyl or cyclic N) is 1. The molecule has 2 saturated heterocycles. The van der Waals surface area contributed by atoms with Crippen LogP contribution in [0, 0.1) is 5.92 Å². The van der Waals surface area contributed by atoms with Crippen molar-refractivity contribution in [2.24, 2.45) is 5.92 Å². The van der Waals surface area contributed by atoms with E-state index in [1.54, 1.807) is 18.2 Å². The van der Waals surface area contributed by atoms with Crippen molar-refractivity contribution in [3.63, 3.8) is 0 Å². The largest absolute Gasteiger partial charge is 0.486 e. The number of para-hydroxylation sites is 1. The number of aliphatic hydroxyl groups is 1. The van der Waals surface area contributed by atoms with Crippen molar-refractivity contribution >= 4 is 22.8 Å². The molecule has 1 N–H and O–H groups in total. The van der Waals surface area contributed by atoms with Crippen molar-refractivity contribution in [3.8, 4) is 17.4 Å². The van der Waals surface area contributed by atoms with E-state index in [1.807, 2.05) is 36.4 Å². The van der Waals surface area contributed by atoms with Gasteiger partial charge in [0.25, 0.3) is 0 Å². The van der Waals surface area contributed by atoms with Gasteiger partial charge in [-0.1, -0.05) is 12.1 Å². The van der Waals surface area contributed by atoms with E-state index in [1.165, 1.54) is 0 Å². The zero-order valence-electron chi connectivity index (χ0n) is 20.0. The van der Waals surface area contributed by atoms with Crippen LogP contribution in [0.5, 0.6) is 17.4 Å². The van der Waals surface area contributed by atoms with Crippen LogP contribution in [0.3, 0.4) is 0 Å². The molecule has 0 bridgehead atoms. The molecule has 6 rings (SSSR count). The van der Waals surface area contributed by atoms with Gasteiger partial charge in [0.1, 0.15) is 19.3 Å². The SMILES string of the molecule is COc1cnc2cccc(C(O)CN3CCC4CN(c5ccc6c(c5)OCCO6)C(=O)OC4C3)c2n1. The van der Waals surface area contributed by atoms with Gasteiger partial charge in [0.2, 0.25) is 5.88 Å². The van der Waals surface area contributed by atoms with Gasteiger partial charge in [0.15, 0.2) is 11.5 Å². The molecule has 3 aromatic rings. The monoisotopic (exact) mass is 492 g/mol. The second kappa shape index (κ2) is 9.44. The van der Waals surface area contributed by atoms with Crippen LogP contribution in [0.2, 0.25) is 0 Å². The fourth-order valence-electron chi connectivity index (χ4n) is 5.20. The molecule has 2 aromatic carbocycles. The molecule has 0 aliphatic carbocycles. The van der Waals surface area contributed by atoms with Gasteiger partial charge >= 0.3 is 6.09 Å². The summed E-state index contributed by atoms with van der Waals surface area (Å²) in [6.07, 6.45) is 1.07. The Bertz CT molecular complexity index is 1290. The lowest BCUT2D eigenvalue weighted by molar-refractivity contribution is -0.0185. The normalized spacial score (nSPS) is 22.6. The van der Waals surface area contributed by atoms with Gasteiger partial charge in [-0.05, 0) is 31.2 Å². The van der Waals surface area contributed by atoms with Crippen molar-refractivity contribution in [2.75, 3.05) is 51.4 Å². The molecule has 3 unspecified atom stereocenters. The number of rotatable bonds is 5. The topological polar surface area (TPSA) is 106 Å². The van der Waals surface area contributed by atoms with Crippen LogP contribution in [-0.2, 0) is 4.74 Å². The Morgan fingerprint density at radius 1 is 1.17 bits per heavy atom. The standard InChI is InChI=1S/C26H28N4O6/c1-33-24-12-27-19-4-2-3-18(25(19)28-24)20(31)14-29-8-7-16-13-30(26(32)36-23(16)15-29)17-5-6-21-22(11-17)35-10-9-34-21/h2-6,11-12,16,20,23,31H,7-10,13-15H2,1H3. The summed E-state index contributed by atoms with van der Waals surface area (Å²) in [6, 6.07) is 11.1. The van der Waals surface area contributed by atoms with Crippen molar-refractivity contribution in [2.45, 2.75) is 18.6 Å². The van der Waals surface area contributed by atoms with Gasteiger partial charge in [-0.25, -0.2) is 14.8 Å². The third-order valence-corrected chi connectivity index (χ3v) is 7.09. The van der Waals surface area contributed by atoms with Crippen molar-refractivity contribution in [1.82, 2.24) is 14.9 Å². The van der Waals surface area contributed by atoms with Crippen LogP contribution in [0.25, 0.3) is 11.0 Å². The van der Waals surface area contributed by atoms with Crippen LogP contribution in [-0.4, -0.2) is 78.7 Å². The summed E-state index contributed by atoms with van der Waals surface area (Å²) in [6.45, 7) is 3.37. The van der Waals surface area contributed by atoms with Crippen LogP contribution in [0.4, 0.5) is 10.5 Å². The Kier molecular flexibility index (Phi) is 5.98. The fraction of sp³-hybridized carbons (Fsp3) is 0.423. The molecule has 0 spiro atoms. The van der Waals surface area contributed by atoms with Gasteiger partial charge < -0.3 is 24.1 Å². The zero-order valence-corrected chi connectivity index (χ0v) is 20.0. The fourth-order valence-corrected chi connectivity index (χ4v) is 5.20. The van der Waals surface area contributed by atoms with Crippen LogP contribution < -0.4 is 19.1 Å². The second-order valence-electron chi connectivity index (χ2n) is 9.31. The van der Waals surface area contributed by atoms with E-state index in [2.05, 4.69) is 14.9 Å². The molecule has 2 fully saturated rings. The van der Waals surface area contributed by atoms with E-state index in [0.29, 0.717) is 66.8 Å². The first-order valence-corrected chi connectivity index (χ1v) is 12.2. The number of hydrogen-bond donors (Lipinski definition) is 1. The minimum Gasteiger partial charge on any atom is -0.486 e. The average molecular weight is 493 g/mol. The molecule has 4 heterocycles. The lowest BCUT2D eigenvalue weighted by Gasteiger charge is -2.44. The number of nitrogens with zero attached hydrogens (tertiary/aromatic N) is 4. The van der Waals surface area contributed by atoms with E-state index < -0.39 is 6.10 Å². The van der Waals surface area contributed by atoms with Crippen molar-refractivity contribution < 1.29 is 28.8 Å². The van der Waals surface area contributed by atoms with Crippen LogP contribution in [0.1, 0.15) is 18.1 Å². The van der Waals surface area contributed by atoms with E-state index in [9.17, 15) is 9.90 Å². The first-order valence-electron chi connectivity index (χ1n) is 12.2. The third-order valence-electron chi connectivity index (χ3n) is 7.09. The van der Waals surface area contributed by atoms with E-state index in [-0.39, 0.29) is 18.1 Å². The van der Waals surface area contributed by atoms with Crippen LogP contribution >= 0.6 is 0 Å². The Balaban J connectivity index is 1.13. The summed E-state index contributed by atoms with van der Waals surface area (Å²) in [5.74, 6) is 1.94. The summed E-state index contributed by atoms with van der Waals surface area (Å²) < 4.78 is 22.3. The molecule has 36 heavy (non-hydrogen) atoms. The Morgan fingerprint density at radius 3 is 2.89 bits per heavy atom. The number of ether oxygens (including phenoxy) is 4. The molecule has 3 aliphatic heterocycles. The molecule has 1 aromatic heterocycles. The second-order valence-corrected chi connectivity index (χ2v) is 9.31. The highest BCUT2D eigenvalue weighted by Crippen LogP contribution is 2.37. The van der Waals surface area contributed by atoms with Gasteiger partial charge in [0, 0.05) is 37.2 Å². The summed E-state index contributed by atoms with van der Waals surface area (Å²) in [7, 11) is 1.54. The first kappa shape index (κ1) is 22.8. The number of piperidine rings is 1. The van der Waals surface area contributed by atoms with Crippen LogP contribution in [0.15, 0.2) is 42.6 Å². The van der Waals surface area contributed by atoms with Gasteiger partial charge in [0.05, 0.1) is 36.1 Å². The number of anilines is 1. The van der Waals surface area contributed by atoms with E-state index >= 15 is 0 Å². The lowest BCUT2D eigenvalue weighted by Crippen LogP contribution is -2.56. The summed E-state index contributed by atoms with van der Waals surface area (Å²) >= 11 is 0. The average Bonchev–Trinajstić information content (AvgIpc) is 2.91. The van der Waals surface area contributed by atoms with Crippen molar-refractivity contribution in [3.05, 3.63) is 48.2 Å². The van der Waals surface area contributed by atoms with E-state index in [0.717, 1.165) is 18.7 Å². The quantitative estimate of drug-likeness (QED) is 0.575. The van der Waals surface area contributed by atoms with Gasteiger partial charge in [-0.15, -0.1) is 0 Å². The number of methoxy groups -OCH3 is 1. The maximum atomic E-state index is 12.9. The molecule has 188 valence electrons. The molecule has 1 amide bonds. The summed E-state index contributed by atoms with van der Waals surface area (Å²) in [5.41, 5.74) is 2.77. The molecule has 10 nitrogen and oxygen atoms in total. The first-order chi connectivity index (χ1) is 17.6. The van der Waals surface area contributed by atoms with Gasteiger partial charge in [-0.2, -0.15) is 0 Å². The third kappa shape index (κ3) is 4.27. The number of carbonyl (C=O) groups is 1. The summed E-state index contributed by atoms with van der Waals surface area (Å²) in [4.78, 5) is 25.6. The molecule has 3 aliphatic rings. The molecule has 10 heteroatoms. The maximum absolute atomic E-state index is 12.9. The molecule has 0 radical (unpaired) electrons. The lowest BCUT2D eigenvalue weighted by atomic mass is 9.91. The Labute approximate surface area is 208 Å². The van der Waals surface area contributed by atoms with Crippen molar-refractivity contribution in [1.29, 1.82) is 0 Å². The highest BCUT2D eigenvalue weighted by Gasteiger charge is 2.40. The maximum Gasteiger partial charge on any atom is 0.414 e. The number of amides is 1. The number of aromatic nitrogens is 2. The smallest absolute Gasteiger partial charge is 0.414 e. The number of carbonyl (C=O) groups excluding carboxylic acids is 1. The molecular formula is C26H28N4O6. The number of benzene rings is 2. The van der Waals surface area contributed by atoms with E-state index in [4.69, 9.17) is 18.9 Å². The minimum absolute atomic E-state index is 0.206. The Morgan fingerprint density at radius 2 is 2.03 bits per heavy atom. The highest BCUT2D eigenvalue weighted by atomic mass is 16.6. The molecule has 3 atom stereocenters. The number of likely N-dealkylation sites (tertiary alicyclic amines) is 1. The summed E-state index contributed by atoms with van der Waals surface area (Å²) in [5, 5.41) is 11.1. The Hall–Kier alpha value is -3.63. The highest BCUT2D eigenvalue weighted by molar-refractivity contribution is 5.89.